The number of alkyl halides is 3. The van der Waals surface area contributed by atoms with Gasteiger partial charge in [-0.3, -0.25) is 9.69 Å². The standard InChI is InChI=1S/C29H35N3O3.C2HF3O2/c1-4-35-28-10-9-21(16-32-17-22-7-5-6-8-23(22)18-32)13-24(28)15-31-29(34)27(30)14-26-19(2)11-25(33)12-20(26)3;3-2(4,5)1(6)7/h5-13,27,33H,4,14-18,30H2,1-3H3,(H,31,34);(H,6,7)/t27-;/m0./s1. The van der Waals surface area contributed by atoms with E-state index in [1.165, 1.54) is 16.7 Å². The van der Waals surface area contributed by atoms with Crippen LogP contribution in [0.4, 0.5) is 13.2 Å². The second-order valence-corrected chi connectivity index (χ2v) is 10.2. The van der Waals surface area contributed by atoms with Gasteiger partial charge in [-0.05, 0) is 84.8 Å². The summed E-state index contributed by atoms with van der Waals surface area (Å²) in [7, 11) is 0. The van der Waals surface area contributed by atoms with Gasteiger partial charge < -0.3 is 26.0 Å². The third-order valence-corrected chi connectivity index (χ3v) is 6.87. The van der Waals surface area contributed by atoms with Gasteiger partial charge in [0.2, 0.25) is 5.91 Å². The highest BCUT2D eigenvalue weighted by atomic mass is 19.4. The number of aromatic hydroxyl groups is 1. The molecular weight excluding hydrogens is 551 g/mol. The van der Waals surface area contributed by atoms with E-state index in [9.17, 15) is 23.1 Å². The number of amides is 1. The van der Waals surface area contributed by atoms with E-state index >= 15 is 0 Å². The van der Waals surface area contributed by atoms with E-state index in [2.05, 4.69) is 46.6 Å². The number of fused-ring (bicyclic) bond motifs is 1. The van der Waals surface area contributed by atoms with Crippen molar-refractivity contribution in [3.63, 3.8) is 0 Å². The molecule has 0 radical (unpaired) electrons. The van der Waals surface area contributed by atoms with Gasteiger partial charge in [0, 0.05) is 31.7 Å². The van der Waals surface area contributed by atoms with Gasteiger partial charge in [0.1, 0.15) is 11.5 Å². The Morgan fingerprint density at radius 2 is 1.62 bits per heavy atom. The molecule has 3 aromatic rings. The number of nitrogens with two attached hydrogens (primary N) is 1. The smallest absolute Gasteiger partial charge is 0.490 e. The number of nitrogens with one attached hydrogen (secondary N) is 1. The molecule has 226 valence electrons. The minimum atomic E-state index is -5.08. The van der Waals surface area contributed by atoms with Crippen LogP contribution < -0.4 is 15.8 Å². The number of nitrogens with zero attached hydrogens (tertiary/aromatic N) is 1. The highest BCUT2D eigenvalue weighted by molar-refractivity contribution is 5.82. The number of hydrogen-bond donors (Lipinski definition) is 4. The first-order chi connectivity index (χ1) is 19.8. The van der Waals surface area contributed by atoms with Crippen LogP contribution in [-0.4, -0.2) is 45.8 Å². The second kappa shape index (κ2) is 14.2. The highest BCUT2D eigenvalue weighted by Gasteiger charge is 2.38. The molecule has 1 amide bonds. The van der Waals surface area contributed by atoms with Crippen LogP contribution in [0.1, 0.15) is 45.9 Å². The third kappa shape index (κ3) is 8.95. The number of carboxylic acids is 1. The highest BCUT2D eigenvalue weighted by Crippen LogP contribution is 2.27. The molecule has 11 heteroatoms. The number of phenols is 1. The average Bonchev–Trinajstić information content (AvgIpc) is 3.32. The van der Waals surface area contributed by atoms with E-state index < -0.39 is 18.2 Å². The molecule has 4 rings (SSSR count). The number of carbonyl (C=O) groups is 2. The summed E-state index contributed by atoms with van der Waals surface area (Å²) < 4.78 is 37.6. The lowest BCUT2D eigenvalue weighted by Gasteiger charge is -2.19. The van der Waals surface area contributed by atoms with Crippen LogP contribution in [0.2, 0.25) is 0 Å². The zero-order chi connectivity index (χ0) is 31.0. The number of carboxylic acid groups (broad SMARTS) is 1. The van der Waals surface area contributed by atoms with E-state index in [-0.39, 0.29) is 11.7 Å². The molecule has 8 nitrogen and oxygen atoms in total. The maximum absolute atomic E-state index is 12.8. The molecule has 0 fully saturated rings. The Labute approximate surface area is 242 Å². The van der Waals surface area contributed by atoms with Crippen molar-refractivity contribution in [2.45, 2.75) is 65.6 Å². The third-order valence-electron chi connectivity index (χ3n) is 6.87. The molecule has 3 aromatic carbocycles. The summed E-state index contributed by atoms with van der Waals surface area (Å²) in [5, 5.41) is 19.9. The summed E-state index contributed by atoms with van der Waals surface area (Å²) >= 11 is 0. The average molecular weight is 588 g/mol. The number of benzene rings is 3. The summed E-state index contributed by atoms with van der Waals surface area (Å²) in [5.74, 6) is -1.96. The number of aryl methyl sites for hydroxylation is 2. The maximum atomic E-state index is 12.8. The molecule has 42 heavy (non-hydrogen) atoms. The predicted molar refractivity (Wildman–Crippen MR) is 152 cm³/mol. The van der Waals surface area contributed by atoms with Crippen molar-refractivity contribution < 1.29 is 37.7 Å². The summed E-state index contributed by atoms with van der Waals surface area (Å²) in [6.45, 7) is 9.43. The summed E-state index contributed by atoms with van der Waals surface area (Å²) in [6, 6.07) is 17.5. The molecule has 1 aliphatic rings. The number of rotatable bonds is 9. The zero-order valence-electron chi connectivity index (χ0n) is 23.8. The molecule has 0 aliphatic carbocycles. The maximum Gasteiger partial charge on any atom is 0.490 e. The molecule has 1 atom stereocenters. The fourth-order valence-electron chi connectivity index (χ4n) is 4.86. The topological polar surface area (TPSA) is 125 Å². The number of hydrogen-bond acceptors (Lipinski definition) is 6. The first-order valence-corrected chi connectivity index (χ1v) is 13.4. The molecule has 5 N–H and O–H groups in total. The quantitative estimate of drug-likeness (QED) is 0.285. The van der Waals surface area contributed by atoms with Crippen molar-refractivity contribution in [3.8, 4) is 11.5 Å². The minimum Gasteiger partial charge on any atom is -0.508 e. The summed E-state index contributed by atoms with van der Waals surface area (Å²) in [5.41, 5.74) is 14.0. The van der Waals surface area contributed by atoms with Gasteiger partial charge in [-0.1, -0.05) is 30.3 Å². The second-order valence-electron chi connectivity index (χ2n) is 10.2. The van der Waals surface area contributed by atoms with Crippen molar-refractivity contribution in [3.05, 3.63) is 93.5 Å². The van der Waals surface area contributed by atoms with E-state index in [0.717, 1.165) is 47.6 Å². The van der Waals surface area contributed by atoms with Gasteiger partial charge in [-0.15, -0.1) is 0 Å². The summed E-state index contributed by atoms with van der Waals surface area (Å²) in [6.07, 6.45) is -4.67. The van der Waals surface area contributed by atoms with Crippen molar-refractivity contribution in [1.82, 2.24) is 10.2 Å². The lowest BCUT2D eigenvalue weighted by molar-refractivity contribution is -0.192. The van der Waals surface area contributed by atoms with Crippen molar-refractivity contribution >= 4 is 11.9 Å². The van der Waals surface area contributed by atoms with Gasteiger partial charge in [0.25, 0.3) is 0 Å². The van der Waals surface area contributed by atoms with E-state index in [1.807, 2.05) is 26.8 Å². The molecule has 0 saturated heterocycles. The van der Waals surface area contributed by atoms with Gasteiger partial charge in [0.15, 0.2) is 0 Å². The lowest BCUT2D eigenvalue weighted by Crippen LogP contribution is -2.42. The lowest BCUT2D eigenvalue weighted by atomic mass is 9.96. The fraction of sp³-hybridized carbons (Fsp3) is 0.355. The molecule has 0 aromatic heterocycles. The van der Waals surface area contributed by atoms with E-state index in [4.69, 9.17) is 20.4 Å². The van der Waals surface area contributed by atoms with Crippen molar-refractivity contribution in [1.29, 1.82) is 0 Å². The number of phenolic OH excluding ortho intramolecular Hbond substituents is 1. The molecule has 0 saturated carbocycles. The minimum absolute atomic E-state index is 0.209. The Morgan fingerprint density at radius 1 is 1.05 bits per heavy atom. The van der Waals surface area contributed by atoms with E-state index in [0.29, 0.717) is 19.6 Å². The van der Waals surface area contributed by atoms with E-state index in [1.54, 1.807) is 12.1 Å². The van der Waals surface area contributed by atoms with Crippen LogP contribution in [0.5, 0.6) is 11.5 Å². The van der Waals surface area contributed by atoms with Crippen molar-refractivity contribution in [2.24, 2.45) is 5.73 Å². The molecular formula is C31H36F3N3O5. The van der Waals surface area contributed by atoms with Crippen LogP contribution in [0, 0.1) is 13.8 Å². The largest absolute Gasteiger partial charge is 0.508 e. The molecule has 1 aliphatic heterocycles. The van der Waals surface area contributed by atoms with Crippen LogP contribution >= 0.6 is 0 Å². The number of carbonyl (C=O) groups excluding carboxylic acids is 1. The van der Waals surface area contributed by atoms with Crippen molar-refractivity contribution in [2.75, 3.05) is 6.61 Å². The zero-order valence-corrected chi connectivity index (χ0v) is 23.8. The fourth-order valence-corrected chi connectivity index (χ4v) is 4.86. The first kappa shape index (κ1) is 32.4. The van der Waals surface area contributed by atoms with Crippen LogP contribution in [0.15, 0.2) is 54.6 Å². The summed E-state index contributed by atoms with van der Waals surface area (Å²) in [4.78, 5) is 24.1. The predicted octanol–water partition coefficient (Wildman–Crippen LogP) is 4.74. The Kier molecular flexibility index (Phi) is 11.0. The van der Waals surface area contributed by atoms with Gasteiger partial charge in [-0.2, -0.15) is 13.2 Å². The Bertz CT molecular complexity index is 1360. The molecule has 0 spiro atoms. The van der Waals surface area contributed by atoms with Crippen LogP contribution in [-0.2, 0) is 42.2 Å². The van der Waals surface area contributed by atoms with Crippen LogP contribution in [0.25, 0.3) is 0 Å². The van der Waals surface area contributed by atoms with Gasteiger partial charge in [-0.25, -0.2) is 4.79 Å². The molecule has 0 bridgehead atoms. The first-order valence-electron chi connectivity index (χ1n) is 13.4. The number of aliphatic carboxylic acids is 1. The van der Waals surface area contributed by atoms with Gasteiger partial charge >= 0.3 is 12.1 Å². The number of halogens is 3. The Hall–Kier alpha value is -4.09. The normalized spacial score (nSPS) is 13.5. The Morgan fingerprint density at radius 3 is 2.14 bits per heavy atom. The molecule has 1 heterocycles. The monoisotopic (exact) mass is 587 g/mol. The SMILES string of the molecule is CCOc1ccc(CN2Cc3ccccc3C2)cc1CNC(=O)[C@@H](N)Cc1c(C)cc(O)cc1C.O=C(O)C(F)(F)F. The van der Waals surface area contributed by atoms with Crippen LogP contribution in [0.3, 0.4) is 0 Å². The van der Waals surface area contributed by atoms with Gasteiger partial charge in [0.05, 0.1) is 12.6 Å². The Balaban J connectivity index is 0.000000616. The molecule has 0 unspecified atom stereocenters. The number of ether oxygens (including phenoxy) is 1.